The lowest BCUT2D eigenvalue weighted by molar-refractivity contribution is -0.170. The number of benzene rings is 2. The van der Waals surface area contributed by atoms with E-state index in [4.69, 9.17) is 5.11 Å². The van der Waals surface area contributed by atoms with Gasteiger partial charge in [0.15, 0.2) is 0 Å². The molecule has 0 amide bonds. The van der Waals surface area contributed by atoms with Crippen LogP contribution in [0.1, 0.15) is 18.1 Å². The summed E-state index contributed by atoms with van der Waals surface area (Å²) in [5, 5.41) is 9.01. The highest BCUT2D eigenvalue weighted by Crippen LogP contribution is 2.29. The van der Waals surface area contributed by atoms with Gasteiger partial charge in [-0.1, -0.05) is 58.4 Å². The molecule has 6 heteroatoms. The molecule has 0 saturated carbocycles. The lowest BCUT2D eigenvalue weighted by atomic mass is 10.1. The molecule has 1 unspecified atom stereocenters. The quantitative estimate of drug-likeness (QED) is 0.777. The number of carbonyl (C=O) groups is 1. The fourth-order valence-corrected chi connectivity index (χ4v) is 2.12. The number of hydrogen-bond donors (Lipinski definition) is 1. The van der Waals surface area contributed by atoms with Crippen molar-refractivity contribution in [1.29, 1.82) is 0 Å². The average molecular weight is 401 g/mol. The topological polar surface area (TPSA) is 46.5 Å². The van der Waals surface area contributed by atoms with Gasteiger partial charge in [-0.05, 0) is 31.0 Å². The predicted octanol–water partition coefficient (Wildman–Crippen LogP) is 4.32. The Bertz CT molecular complexity index is 628. The first-order valence-corrected chi connectivity index (χ1v) is 8.01. The monoisotopic (exact) mass is 400 g/mol. The molecule has 1 atom stereocenters. The van der Waals surface area contributed by atoms with E-state index in [1.807, 2.05) is 30.3 Å². The lowest BCUT2D eigenvalue weighted by Crippen LogP contribution is -2.27. The summed E-state index contributed by atoms with van der Waals surface area (Å²) < 4.78 is 31.1. The summed E-state index contributed by atoms with van der Waals surface area (Å²) in [5.74, 6) is -5.14. The van der Waals surface area contributed by atoms with Crippen LogP contribution in [0.3, 0.4) is 0 Å². The molecule has 0 fully saturated rings. The first-order valence-electron chi connectivity index (χ1n) is 7.21. The Kier molecular flexibility index (Phi) is 8.01. The molecular weight excluding hydrogens is 382 g/mol. The van der Waals surface area contributed by atoms with Crippen LogP contribution in [-0.4, -0.2) is 24.3 Å². The second-order valence-electron chi connectivity index (χ2n) is 5.11. The molecule has 0 aliphatic carbocycles. The van der Waals surface area contributed by atoms with Gasteiger partial charge in [0, 0.05) is 10.0 Å². The van der Waals surface area contributed by atoms with E-state index < -0.39 is 11.9 Å². The first kappa shape index (κ1) is 20.3. The number of halogens is 3. The standard InChI is InChI=1S/C9H7BrF2O2.C9H12O/c1-14-8(13)9(11,12)6-2-4-7(10)5-3-6;1-8(10)7-9-5-3-2-4-6-9/h2-5H,1H3;2-6,8,10H,7H2,1H3. The maximum absolute atomic E-state index is 13.2. The molecule has 0 spiro atoms. The Hall–Kier alpha value is -1.79. The minimum absolute atomic E-state index is 0.234. The molecule has 0 heterocycles. The Balaban J connectivity index is 0.000000254. The number of carbonyl (C=O) groups excluding carboxylic acids is 1. The van der Waals surface area contributed by atoms with Gasteiger partial charge >= 0.3 is 11.9 Å². The highest BCUT2D eigenvalue weighted by Gasteiger charge is 2.42. The Morgan fingerprint density at radius 2 is 1.71 bits per heavy atom. The molecule has 130 valence electrons. The van der Waals surface area contributed by atoms with E-state index >= 15 is 0 Å². The SMILES string of the molecule is CC(O)Cc1ccccc1.COC(=O)C(F)(F)c1ccc(Br)cc1. The Morgan fingerprint density at radius 1 is 1.17 bits per heavy atom. The highest BCUT2D eigenvalue weighted by molar-refractivity contribution is 9.10. The number of methoxy groups -OCH3 is 1. The molecule has 1 N–H and O–H groups in total. The Morgan fingerprint density at radius 3 is 2.17 bits per heavy atom. The van der Waals surface area contributed by atoms with Gasteiger partial charge in [-0.25, -0.2) is 4.79 Å². The molecule has 0 saturated heterocycles. The van der Waals surface area contributed by atoms with Gasteiger partial charge < -0.3 is 9.84 Å². The zero-order valence-electron chi connectivity index (χ0n) is 13.4. The molecule has 0 radical (unpaired) electrons. The van der Waals surface area contributed by atoms with Crippen LogP contribution in [0.2, 0.25) is 0 Å². The predicted molar refractivity (Wildman–Crippen MR) is 91.9 cm³/mol. The highest BCUT2D eigenvalue weighted by atomic mass is 79.9. The third kappa shape index (κ3) is 6.37. The summed E-state index contributed by atoms with van der Waals surface area (Å²) in [4.78, 5) is 10.7. The average Bonchev–Trinajstić information content (AvgIpc) is 2.55. The fraction of sp³-hybridized carbons (Fsp3) is 0.278. The zero-order valence-corrected chi connectivity index (χ0v) is 15.0. The van der Waals surface area contributed by atoms with Crippen LogP contribution >= 0.6 is 15.9 Å². The van der Waals surface area contributed by atoms with Crippen molar-refractivity contribution < 1.29 is 23.4 Å². The maximum atomic E-state index is 13.2. The van der Waals surface area contributed by atoms with Crippen LogP contribution in [-0.2, 0) is 21.9 Å². The second kappa shape index (κ2) is 9.49. The molecule has 0 bridgehead atoms. The van der Waals surface area contributed by atoms with Gasteiger partial charge in [0.05, 0.1) is 13.2 Å². The number of aliphatic hydroxyl groups is 1. The molecule has 2 rings (SSSR count). The zero-order chi connectivity index (χ0) is 18.2. The van der Waals surface area contributed by atoms with E-state index in [9.17, 15) is 13.6 Å². The molecule has 0 aromatic heterocycles. The van der Waals surface area contributed by atoms with Crippen LogP contribution < -0.4 is 0 Å². The van der Waals surface area contributed by atoms with Gasteiger partial charge in [0.2, 0.25) is 0 Å². The second-order valence-corrected chi connectivity index (χ2v) is 6.03. The normalized spacial score (nSPS) is 11.9. The van der Waals surface area contributed by atoms with Crippen LogP contribution in [0.4, 0.5) is 8.78 Å². The van der Waals surface area contributed by atoms with Crippen LogP contribution in [0.15, 0.2) is 59.1 Å². The van der Waals surface area contributed by atoms with Crippen molar-refractivity contribution in [3.8, 4) is 0 Å². The number of ether oxygens (including phenoxy) is 1. The van der Waals surface area contributed by atoms with E-state index in [2.05, 4.69) is 20.7 Å². The van der Waals surface area contributed by atoms with E-state index in [1.54, 1.807) is 6.92 Å². The number of hydrogen-bond acceptors (Lipinski definition) is 3. The first-order chi connectivity index (χ1) is 11.3. The summed E-state index contributed by atoms with van der Waals surface area (Å²) in [6, 6.07) is 15.2. The molecule has 0 aliphatic heterocycles. The smallest absolute Gasteiger partial charge is 0.381 e. The number of esters is 1. The van der Waals surface area contributed by atoms with Crippen LogP contribution in [0, 0.1) is 0 Å². The summed E-state index contributed by atoms with van der Waals surface area (Å²) in [6.45, 7) is 1.80. The van der Waals surface area contributed by atoms with Gasteiger partial charge in [0.1, 0.15) is 0 Å². The molecular formula is C18H19BrF2O3. The third-order valence-electron chi connectivity index (χ3n) is 3.02. The van der Waals surface area contributed by atoms with Crippen molar-refractivity contribution in [2.24, 2.45) is 0 Å². The lowest BCUT2D eigenvalue weighted by Gasteiger charge is -2.13. The van der Waals surface area contributed by atoms with Crippen LogP contribution in [0.5, 0.6) is 0 Å². The van der Waals surface area contributed by atoms with E-state index in [1.165, 1.54) is 29.8 Å². The molecule has 24 heavy (non-hydrogen) atoms. The van der Waals surface area contributed by atoms with E-state index in [0.717, 1.165) is 13.5 Å². The van der Waals surface area contributed by atoms with Gasteiger partial charge in [-0.3, -0.25) is 0 Å². The summed E-state index contributed by atoms with van der Waals surface area (Å²) >= 11 is 3.11. The fourth-order valence-electron chi connectivity index (χ4n) is 1.86. The summed E-state index contributed by atoms with van der Waals surface area (Å²) in [5.41, 5.74) is 0.810. The van der Waals surface area contributed by atoms with Gasteiger partial charge in [0.25, 0.3) is 0 Å². The van der Waals surface area contributed by atoms with Gasteiger partial charge in [-0.15, -0.1) is 0 Å². The largest absolute Gasteiger partial charge is 0.464 e. The molecule has 2 aromatic rings. The molecule has 0 aliphatic rings. The van der Waals surface area contributed by atoms with Crippen molar-refractivity contribution >= 4 is 21.9 Å². The van der Waals surface area contributed by atoms with Crippen molar-refractivity contribution in [2.45, 2.75) is 25.4 Å². The summed E-state index contributed by atoms with van der Waals surface area (Å²) in [6.07, 6.45) is 0.517. The van der Waals surface area contributed by atoms with Crippen molar-refractivity contribution in [3.05, 3.63) is 70.2 Å². The minimum Gasteiger partial charge on any atom is -0.464 e. The van der Waals surface area contributed by atoms with E-state index in [-0.39, 0.29) is 11.7 Å². The molecule has 3 nitrogen and oxygen atoms in total. The van der Waals surface area contributed by atoms with Crippen molar-refractivity contribution in [1.82, 2.24) is 0 Å². The van der Waals surface area contributed by atoms with Crippen LogP contribution in [0.25, 0.3) is 0 Å². The number of rotatable bonds is 4. The van der Waals surface area contributed by atoms with Gasteiger partial charge in [-0.2, -0.15) is 8.78 Å². The number of alkyl halides is 2. The van der Waals surface area contributed by atoms with E-state index in [0.29, 0.717) is 4.47 Å². The summed E-state index contributed by atoms with van der Waals surface area (Å²) in [7, 11) is 0.926. The minimum atomic E-state index is -3.59. The third-order valence-corrected chi connectivity index (χ3v) is 3.55. The maximum Gasteiger partial charge on any atom is 0.381 e. The van der Waals surface area contributed by atoms with Crippen molar-refractivity contribution in [2.75, 3.05) is 7.11 Å². The Labute approximate surface area is 148 Å². The van der Waals surface area contributed by atoms with Crippen molar-refractivity contribution in [3.63, 3.8) is 0 Å². The molecule has 2 aromatic carbocycles. The number of aliphatic hydroxyl groups excluding tert-OH is 1.